The molecule has 13 nitrogen and oxygen atoms in total. The molecule has 3 rings (SSSR count). The quantitative estimate of drug-likeness (QED) is 0.107. The molecule has 14 heteroatoms. The van der Waals surface area contributed by atoms with Crippen molar-refractivity contribution in [3.05, 3.63) is 47.5 Å². The highest BCUT2D eigenvalue weighted by Gasteiger charge is 2.49. The average molecular weight is 576 g/mol. The van der Waals surface area contributed by atoms with E-state index in [4.69, 9.17) is 27.5 Å². The van der Waals surface area contributed by atoms with Gasteiger partial charge in [0.25, 0.3) is 5.60 Å². The van der Waals surface area contributed by atoms with Crippen molar-refractivity contribution in [2.45, 2.75) is 24.7 Å². The van der Waals surface area contributed by atoms with Gasteiger partial charge in [-0.25, -0.2) is 14.6 Å². The molecule has 3 aromatic rings. The molecule has 2 atom stereocenters. The van der Waals surface area contributed by atoms with Crippen molar-refractivity contribution in [2.75, 3.05) is 44.9 Å². The topological polar surface area (TPSA) is 180 Å². The number of anilines is 1. The van der Waals surface area contributed by atoms with Crippen molar-refractivity contribution in [1.29, 1.82) is 0 Å². The predicted octanol–water partition coefficient (Wildman–Crippen LogP) is 0.702. The fourth-order valence-corrected chi connectivity index (χ4v) is 4.35. The lowest BCUT2D eigenvalue weighted by atomic mass is 9.94. The minimum Gasteiger partial charge on any atom is -0.479 e. The van der Waals surface area contributed by atoms with Crippen LogP contribution in [0.3, 0.4) is 0 Å². The van der Waals surface area contributed by atoms with Gasteiger partial charge in [0.15, 0.2) is 17.0 Å². The second-order valence-corrected chi connectivity index (χ2v) is 9.12. The molecule has 214 valence electrons. The maximum atomic E-state index is 12.2. The lowest BCUT2D eigenvalue weighted by Gasteiger charge is -2.29. The van der Waals surface area contributed by atoms with E-state index in [1.54, 1.807) is 39.8 Å². The molecule has 0 aliphatic carbocycles. The fourth-order valence-electron chi connectivity index (χ4n) is 4.19. The summed E-state index contributed by atoms with van der Waals surface area (Å²) in [7, 11) is 1.35. The summed E-state index contributed by atoms with van der Waals surface area (Å²) in [6.45, 7) is -0.416. The first-order valence-electron chi connectivity index (χ1n) is 12.2. The van der Waals surface area contributed by atoms with Gasteiger partial charge in [0, 0.05) is 33.2 Å². The van der Waals surface area contributed by atoms with Gasteiger partial charge in [-0.2, -0.15) is 9.97 Å². The van der Waals surface area contributed by atoms with Crippen LogP contribution in [0.1, 0.15) is 5.56 Å². The van der Waals surface area contributed by atoms with Crippen molar-refractivity contribution < 1.29 is 39.5 Å². The van der Waals surface area contributed by atoms with E-state index in [0.717, 1.165) is 0 Å². The first kappa shape index (κ1) is 30.7. The normalized spacial score (nSPS) is 13.1. The number of rotatable bonds is 16. The Morgan fingerprint density at radius 2 is 1.80 bits per heavy atom. The number of halogens is 1. The Morgan fingerprint density at radius 1 is 1.15 bits per heavy atom. The number of carboxylic acid groups (broad SMARTS) is 2. The Bertz CT molecular complexity index is 1330. The molecule has 0 spiro atoms. The third-order valence-corrected chi connectivity index (χ3v) is 6.47. The molecule has 2 heterocycles. The number of hydrogen-bond donors (Lipinski definition) is 4. The van der Waals surface area contributed by atoms with Crippen molar-refractivity contribution in [3.8, 4) is 12.3 Å². The van der Waals surface area contributed by atoms with Crippen LogP contribution in [0.25, 0.3) is 11.2 Å². The molecule has 0 aliphatic rings. The average Bonchev–Trinajstić information content (AvgIpc) is 3.33. The molecule has 2 unspecified atom stereocenters. The molecule has 0 saturated heterocycles. The molecule has 1 aromatic carbocycles. The standard InChI is InChI=1S/C26H30ClN5O8/c1-3-18(14-32-16-28-20-21(29-25(27)30-22(20)32)31(9-11-33)10-12-34)19(39-2)15-40-26(23(35)36,24(37)38)13-17-7-5-4-6-8-17/h1,4-8,16,18-19,33-34H,9-15H2,2H3,(H,35,36)(H,37,38). The van der Waals surface area contributed by atoms with E-state index in [1.807, 2.05) is 0 Å². The molecule has 0 fully saturated rings. The summed E-state index contributed by atoms with van der Waals surface area (Å²) < 4.78 is 12.7. The number of fused-ring (bicyclic) bond motifs is 1. The number of aliphatic hydroxyl groups is 2. The summed E-state index contributed by atoms with van der Waals surface area (Å²) in [5.74, 6) is -1.15. The Hall–Kier alpha value is -3.80. The molecular weight excluding hydrogens is 546 g/mol. The van der Waals surface area contributed by atoms with Crippen LogP contribution in [0, 0.1) is 18.3 Å². The molecule has 4 N–H and O–H groups in total. The third-order valence-electron chi connectivity index (χ3n) is 6.30. The fraction of sp³-hybridized carbons (Fsp3) is 0.423. The van der Waals surface area contributed by atoms with Crippen LogP contribution in [-0.4, -0.2) is 104 Å². The number of aromatic nitrogens is 4. The van der Waals surface area contributed by atoms with Gasteiger partial charge in [0.2, 0.25) is 5.28 Å². The highest BCUT2D eigenvalue weighted by molar-refractivity contribution is 6.28. The summed E-state index contributed by atoms with van der Waals surface area (Å²) in [6.07, 6.45) is 5.94. The molecule has 2 aromatic heterocycles. The third kappa shape index (κ3) is 6.85. The monoisotopic (exact) mass is 575 g/mol. The number of carbonyl (C=O) groups is 2. The van der Waals surface area contributed by atoms with Crippen LogP contribution >= 0.6 is 11.6 Å². The lowest BCUT2D eigenvalue weighted by Crippen LogP contribution is -2.52. The van der Waals surface area contributed by atoms with Gasteiger partial charge in [0.05, 0.1) is 38.2 Å². The van der Waals surface area contributed by atoms with E-state index >= 15 is 0 Å². The molecule has 0 amide bonds. The summed E-state index contributed by atoms with van der Waals surface area (Å²) >= 11 is 6.17. The maximum Gasteiger partial charge on any atom is 0.348 e. The highest BCUT2D eigenvalue weighted by Crippen LogP contribution is 2.26. The van der Waals surface area contributed by atoms with Gasteiger partial charge in [-0.3, -0.25) is 0 Å². The molecule has 0 radical (unpaired) electrons. The number of aliphatic carboxylic acids is 2. The zero-order valence-corrected chi connectivity index (χ0v) is 22.4. The number of imidazole rings is 1. The second-order valence-electron chi connectivity index (χ2n) is 8.78. The van der Waals surface area contributed by atoms with E-state index in [1.165, 1.54) is 13.4 Å². The van der Waals surface area contributed by atoms with Crippen LogP contribution in [0.2, 0.25) is 5.28 Å². The zero-order valence-electron chi connectivity index (χ0n) is 21.7. The summed E-state index contributed by atoms with van der Waals surface area (Å²) in [5, 5.41) is 38.5. The number of ether oxygens (including phenoxy) is 2. The predicted molar refractivity (Wildman–Crippen MR) is 144 cm³/mol. The Morgan fingerprint density at radius 3 is 2.35 bits per heavy atom. The van der Waals surface area contributed by atoms with Crippen LogP contribution in [0.5, 0.6) is 0 Å². The van der Waals surface area contributed by atoms with E-state index in [9.17, 15) is 30.0 Å². The van der Waals surface area contributed by atoms with Gasteiger partial charge in [-0.1, -0.05) is 36.3 Å². The second kappa shape index (κ2) is 14.0. The molecule has 0 aliphatic heterocycles. The van der Waals surface area contributed by atoms with Crippen LogP contribution < -0.4 is 4.90 Å². The number of carboxylic acids is 2. The van der Waals surface area contributed by atoms with Gasteiger partial charge in [-0.15, -0.1) is 6.42 Å². The zero-order chi connectivity index (χ0) is 29.3. The van der Waals surface area contributed by atoms with Gasteiger partial charge in [0.1, 0.15) is 0 Å². The minimum absolute atomic E-state index is 0.0769. The summed E-state index contributed by atoms with van der Waals surface area (Å²) in [4.78, 5) is 38.8. The molecule has 0 saturated carbocycles. The van der Waals surface area contributed by atoms with Gasteiger partial charge in [-0.05, 0) is 17.2 Å². The lowest BCUT2D eigenvalue weighted by molar-refractivity contribution is -0.188. The molecule has 0 bridgehead atoms. The van der Waals surface area contributed by atoms with E-state index in [2.05, 4.69) is 20.9 Å². The Balaban J connectivity index is 1.88. The van der Waals surface area contributed by atoms with Crippen molar-refractivity contribution in [2.24, 2.45) is 5.92 Å². The maximum absolute atomic E-state index is 12.2. The Labute approximate surface area is 235 Å². The van der Waals surface area contributed by atoms with Crippen LogP contribution in [0.15, 0.2) is 36.7 Å². The van der Waals surface area contributed by atoms with Gasteiger partial charge >= 0.3 is 11.9 Å². The summed E-state index contributed by atoms with van der Waals surface area (Å²) in [6, 6.07) is 8.27. The van der Waals surface area contributed by atoms with E-state index < -0.39 is 42.6 Å². The van der Waals surface area contributed by atoms with Gasteiger partial charge < -0.3 is 39.4 Å². The summed E-state index contributed by atoms with van der Waals surface area (Å²) in [5.41, 5.74) is -1.44. The first-order chi connectivity index (χ1) is 19.2. The largest absolute Gasteiger partial charge is 0.479 e. The van der Waals surface area contributed by atoms with Crippen LogP contribution in [-0.2, 0) is 32.0 Å². The van der Waals surface area contributed by atoms with Crippen molar-refractivity contribution in [1.82, 2.24) is 19.5 Å². The number of benzene rings is 1. The smallest absolute Gasteiger partial charge is 0.348 e. The SMILES string of the molecule is C#CC(Cn1cnc2c(N(CCO)CCO)nc(Cl)nc21)C(COC(Cc1ccccc1)(C(=O)O)C(=O)O)OC. The van der Waals surface area contributed by atoms with Crippen LogP contribution in [0.4, 0.5) is 5.82 Å². The number of hydrogen-bond acceptors (Lipinski definition) is 10. The first-order valence-corrected chi connectivity index (χ1v) is 12.6. The van der Waals surface area contributed by atoms with Crippen molar-refractivity contribution in [3.63, 3.8) is 0 Å². The minimum atomic E-state index is -2.57. The highest BCUT2D eigenvalue weighted by atomic mass is 35.5. The molecular formula is C26H30ClN5O8. The number of nitrogens with zero attached hydrogens (tertiary/aromatic N) is 5. The van der Waals surface area contributed by atoms with Crippen molar-refractivity contribution >= 4 is 40.5 Å². The molecule has 40 heavy (non-hydrogen) atoms. The van der Waals surface area contributed by atoms with E-state index in [-0.39, 0.29) is 38.1 Å². The number of terminal acetylenes is 1. The Kier molecular flexibility index (Phi) is 10.8. The number of aliphatic hydroxyl groups excluding tert-OH is 2. The van der Waals surface area contributed by atoms with E-state index in [0.29, 0.717) is 22.5 Å². The number of methoxy groups -OCH3 is 1.